The van der Waals surface area contributed by atoms with E-state index in [1.54, 1.807) is 0 Å². The number of aryl methyl sites for hydroxylation is 1. The zero-order valence-electron chi connectivity index (χ0n) is 11.3. The number of hydrogen-bond donors (Lipinski definition) is 2. The van der Waals surface area contributed by atoms with Crippen LogP contribution in [0.25, 0.3) is 0 Å². The molecule has 3 heteroatoms. The van der Waals surface area contributed by atoms with Crippen molar-refractivity contribution in [2.45, 2.75) is 39.7 Å². The van der Waals surface area contributed by atoms with Gasteiger partial charge < -0.3 is 10.6 Å². The molecule has 94 valence electrons. The highest BCUT2D eigenvalue weighted by atomic mass is 16.1. The molecule has 17 heavy (non-hydrogen) atoms. The summed E-state index contributed by atoms with van der Waals surface area (Å²) in [4.78, 5) is 12.2. The van der Waals surface area contributed by atoms with Crippen LogP contribution >= 0.6 is 0 Å². The van der Waals surface area contributed by atoms with Crippen LogP contribution in [0.15, 0.2) is 18.2 Å². The molecule has 0 heterocycles. The van der Waals surface area contributed by atoms with Gasteiger partial charge >= 0.3 is 0 Å². The second kappa shape index (κ2) is 5.21. The maximum atomic E-state index is 12.2. The van der Waals surface area contributed by atoms with Crippen molar-refractivity contribution in [1.29, 1.82) is 0 Å². The van der Waals surface area contributed by atoms with Crippen LogP contribution in [-0.4, -0.2) is 18.5 Å². The van der Waals surface area contributed by atoms with Gasteiger partial charge in [-0.15, -0.1) is 0 Å². The lowest BCUT2D eigenvalue weighted by Crippen LogP contribution is -2.43. The smallest absolute Gasteiger partial charge is 0.253 e. The van der Waals surface area contributed by atoms with E-state index in [0.717, 1.165) is 17.7 Å². The standard InChI is InChI=1S/C14H22N2O/c1-6-14(3,4)16-13(17)11-9-10(2)7-8-12(11)15-5/h7-9,15H,6H2,1-5H3,(H,16,17). The molecular formula is C14H22N2O. The second-order valence-corrected chi connectivity index (χ2v) is 4.99. The Morgan fingerprint density at radius 1 is 1.35 bits per heavy atom. The Labute approximate surface area is 104 Å². The van der Waals surface area contributed by atoms with E-state index < -0.39 is 0 Å². The highest BCUT2D eigenvalue weighted by molar-refractivity contribution is 6.00. The third-order valence-electron chi connectivity index (χ3n) is 3.02. The van der Waals surface area contributed by atoms with Crippen LogP contribution in [-0.2, 0) is 0 Å². The Kier molecular flexibility index (Phi) is 4.16. The predicted molar refractivity (Wildman–Crippen MR) is 72.6 cm³/mol. The Balaban J connectivity index is 2.99. The van der Waals surface area contributed by atoms with Gasteiger partial charge in [0.1, 0.15) is 0 Å². The molecule has 0 saturated heterocycles. The Morgan fingerprint density at radius 3 is 2.53 bits per heavy atom. The van der Waals surface area contributed by atoms with Crippen LogP contribution in [0.5, 0.6) is 0 Å². The first-order chi connectivity index (χ1) is 7.89. The summed E-state index contributed by atoms with van der Waals surface area (Å²) < 4.78 is 0. The van der Waals surface area contributed by atoms with Gasteiger partial charge in [0.15, 0.2) is 0 Å². The zero-order chi connectivity index (χ0) is 13.1. The number of amides is 1. The number of nitrogens with one attached hydrogen (secondary N) is 2. The van der Waals surface area contributed by atoms with Gasteiger partial charge in [-0.3, -0.25) is 4.79 Å². The molecule has 3 nitrogen and oxygen atoms in total. The molecule has 1 rings (SSSR count). The monoisotopic (exact) mass is 234 g/mol. The molecule has 1 amide bonds. The van der Waals surface area contributed by atoms with Gasteiger partial charge in [0.05, 0.1) is 5.56 Å². The molecule has 0 bridgehead atoms. The normalized spacial score (nSPS) is 11.1. The molecular weight excluding hydrogens is 212 g/mol. The van der Waals surface area contributed by atoms with Crippen molar-refractivity contribution in [3.8, 4) is 0 Å². The first kappa shape index (κ1) is 13.6. The molecule has 1 aromatic rings. The summed E-state index contributed by atoms with van der Waals surface area (Å²) in [5, 5.41) is 6.09. The Bertz CT molecular complexity index is 411. The topological polar surface area (TPSA) is 41.1 Å². The van der Waals surface area contributed by atoms with E-state index in [1.165, 1.54) is 0 Å². The molecule has 0 aromatic heterocycles. The van der Waals surface area contributed by atoms with Crippen LogP contribution in [0.1, 0.15) is 43.1 Å². The van der Waals surface area contributed by atoms with Crippen molar-refractivity contribution >= 4 is 11.6 Å². The molecule has 0 aliphatic carbocycles. The highest BCUT2D eigenvalue weighted by Gasteiger charge is 2.20. The lowest BCUT2D eigenvalue weighted by Gasteiger charge is -2.25. The molecule has 0 unspecified atom stereocenters. The molecule has 0 atom stereocenters. The zero-order valence-corrected chi connectivity index (χ0v) is 11.3. The third kappa shape index (κ3) is 3.48. The van der Waals surface area contributed by atoms with Crippen molar-refractivity contribution in [2.75, 3.05) is 12.4 Å². The van der Waals surface area contributed by atoms with Gasteiger partial charge in [0.25, 0.3) is 5.91 Å². The quantitative estimate of drug-likeness (QED) is 0.841. The summed E-state index contributed by atoms with van der Waals surface area (Å²) in [6.45, 7) is 8.11. The summed E-state index contributed by atoms with van der Waals surface area (Å²) in [7, 11) is 1.83. The first-order valence-electron chi connectivity index (χ1n) is 6.00. The van der Waals surface area contributed by atoms with E-state index in [2.05, 4.69) is 17.6 Å². The average molecular weight is 234 g/mol. The van der Waals surface area contributed by atoms with Gasteiger partial charge in [-0.25, -0.2) is 0 Å². The summed E-state index contributed by atoms with van der Waals surface area (Å²) in [5.74, 6) is -0.0232. The lowest BCUT2D eigenvalue weighted by molar-refractivity contribution is 0.0912. The maximum absolute atomic E-state index is 12.2. The highest BCUT2D eigenvalue weighted by Crippen LogP contribution is 2.18. The van der Waals surface area contributed by atoms with Gasteiger partial charge in [-0.1, -0.05) is 18.6 Å². The van der Waals surface area contributed by atoms with E-state index in [9.17, 15) is 4.79 Å². The van der Waals surface area contributed by atoms with Crippen molar-refractivity contribution < 1.29 is 4.79 Å². The van der Waals surface area contributed by atoms with Crippen molar-refractivity contribution in [3.63, 3.8) is 0 Å². The van der Waals surface area contributed by atoms with Gasteiger partial charge in [0.2, 0.25) is 0 Å². The largest absolute Gasteiger partial charge is 0.387 e. The van der Waals surface area contributed by atoms with Crippen LogP contribution in [0.2, 0.25) is 0 Å². The van der Waals surface area contributed by atoms with E-state index >= 15 is 0 Å². The third-order valence-corrected chi connectivity index (χ3v) is 3.02. The molecule has 0 saturated carbocycles. The number of rotatable bonds is 4. The first-order valence-corrected chi connectivity index (χ1v) is 6.00. The number of carbonyl (C=O) groups is 1. The van der Waals surface area contributed by atoms with Gasteiger partial charge in [0, 0.05) is 18.3 Å². The Hall–Kier alpha value is -1.51. The molecule has 0 fully saturated rings. The summed E-state index contributed by atoms with van der Waals surface area (Å²) >= 11 is 0. The van der Waals surface area contributed by atoms with Gasteiger partial charge in [-0.2, -0.15) is 0 Å². The van der Waals surface area contributed by atoms with E-state index in [-0.39, 0.29) is 11.4 Å². The van der Waals surface area contributed by atoms with Crippen LogP contribution in [0, 0.1) is 6.92 Å². The predicted octanol–water partition coefficient (Wildman–Crippen LogP) is 2.96. The molecule has 1 aromatic carbocycles. The number of carbonyl (C=O) groups excluding carboxylic acids is 1. The second-order valence-electron chi connectivity index (χ2n) is 4.99. The minimum atomic E-state index is -0.175. The minimum absolute atomic E-state index is 0.0232. The average Bonchev–Trinajstić information content (AvgIpc) is 2.28. The molecule has 0 aliphatic rings. The summed E-state index contributed by atoms with van der Waals surface area (Å²) in [5.41, 5.74) is 2.48. The van der Waals surface area contributed by atoms with Crippen molar-refractivity contribution in [3.05, 3.63) is 29.3 Å². The van der Waals surface area contributed by atoms with Crippen LogP contribution in [0.4, 0.5) is 5.69 Å². The van der Waals surface area contributed by atoms with Crippen LogP contribution in [0.3, 0.4) is 0 Å². The molecule has 0 aliphatic heterocycles. The van der Waals surface area contributed by atoms with E-state index in [1.807, 2.05) is 46.0 Å². The summed E-state index contributed by atoms with van der Waals surface area (Å²) in [6, 6.07) is 5.84. The number of anilines is 1. The van der Waals surface area contributed by atoms with E-state index in [0.29, 0.717) is 5.56 Å². The maximum Gasteiger partial charge on any atom is 0.253 e. The lowest BCUT2D eigenvalue weighted by atomic mass is 10.0. The fourth-order valence-electron chi connectivity index (χ4n) is 1.53. The van der Waals surface area contributed by atoms with Gasteiger partial charge in [-0.05, 0) is 39.3 Å². The molecule has 0 radical (unpaired) electrons. The molecule has 0 spiro atoms. The van der Waals surface area contributed by atoms with Crippen LogP contribution < -0.4 is 10.6 Å². The minimum Gasteiger partial charge on any atom is -0.387 e. The van der Waals surface area contributed by atoms with Crippen molar-refractivity contribution in [1.82, 2.24) is 5.32 Å². The summed E-state index contributed by atoms with van der Waals surface area (Å²) in [6.07, 6.45) is 0.902. The fraction of sp³-hybridized carbons (Fsp3) is 0.500. The SMILES string of the molecule is CCC(C)(C)NC(=O)c1cc(C)ccc1NC. The molecule has 2 N–H and O–H groups in total. The fourth-order valence-corrected chi connectivity index (χ4v) is 1.53. The number of hydrogen-bond acceptors (Lipinski definition) is 2. The Morgan fingerprint density at radius 2 is 2.00 bits per heavy atom. The number of benzene rings is 1. The van der Waals surface area contributed by atoms with Crippen molar-refractivity contribution in [2.24, 2.45) is 0 Å². The van der Waals surface area contributed by atoms with E-state index in [4.69, 9.17) is 0 Å².